The summed E-state index contributed by atoms with van der Waals surface area (Å²) in [5.41, 5.74) is 4.00. The lowest BCUT2D eigenvalue weighted by Crippen LogP contribution is -2.47. The van der Waals surface area contributed by atoms with Crippen LogP contribution in [0.1, 0.15) is 40.1 Å². The van der Waals surface area contributed by atoms with Crippen LogP contribution in [0.5, 0.6) is 0 Å². The van der Waals surface area contributed by atoms with Gasteiger partial charge in [0.2, 0.25) is 0 Å². The van der Waals surface area contributed by atoms with Gasteiger partial charge in [-0.2, -0.15) is 0 Å². The van der Waals surface area contributed by atoms with Crippen LogP contribution in [-0.4, -0.2) is 65.6 Å². The maximum atomic E-state index is 13.9. The molecule has 0 bridgehead atoms. The number of aliphatic hydroxyl groups excluding tert-OH is 1. The first-order valence-corrected chi connectivity index (χ1v) is 12.4. The Hall–Kier alpha value is -3.48. The SMILES string of the molecule is C[C@H](CO)N1C[C@H](C)[C@@H](CN(C)C(=O)c2ccccc2)OCc2ccccc2-c2ccccc2C1=O. The van der Waals surface area contributed by atoms with E-state index >= 15 is 0 Å². The van der Waals surface area contributed by atoms with E-state index in [0.29, 0.717) is 30.8 Å². The Labute approximate surface area is 213 Å². The topological polar surface area (TPSA) is 70.1 Å². The zero-order valence-electron chi connectivity index (χ0n) is 21.1. The van der Waals surface area contributed by atoms with Crippen LogP contribution in [0.4, 0.5) is 0 Å². The van der Waals surface area contributed by atoms with Gasteiger partial charge in [-0.1, -0.05) is 67.6 Å². The summed E-state index contributed by atoms with van der Waals surface area (Å²) in [5.74, 6) is -0.292. The van der Waals surface area contributed by atoms with Crippen molar-refractivity contribution < 1.29 is 19.4 Å². The monoisotopic (exact) mass is 486 g/mol. The van der Waals surface area contributed by atoms with E-state index in [-0.39, 0.29) is 36.5 Å². The molecule has 36 heavy (non-hydrogen) atoms. The fourth-order valence-electron chi connectivity index (χ4n) is 4.71. The molecule has 0 spiro atoms. The Kier molecular flexibility index (Phi) is 8.18. The van der Waals surface area contributed by atoms with E-state index in [1.54, 1.807) is 29.0 Å². The van der Waals surface area contributed by atoms with Crippen LogP contribution in [0.15, 0.2) is 78.9 Å². The van der Waals surface area contributed by atoms with Crippen molar-refractivity contribution in [3.05, 3.63) is 95.6 Å². The van der Waals surface area contributed by atoms with E-state index in [9.17, 15) is 14.7 Å². The van der Waals surface area contributed by atoms with E-state index in [2.05, 4.69) is 0 Å². The molecule has 0 saturated heterocycles. The molecule has 6 nitrogen and oxygen atoms in total. The van der Waals surface area contributed by atoms with Crippen molar-refractivity contribution in [2.75, 3.05) is 26.7 Å². The van der Waals surface area contributed by atoms with Crippen LogP contribution >= 0.6 is 0 Å². The second-order valence-corrected chi connectivity index (χ2v) is 9.57. The number of hydrogen-bond acceptors (Lipinski definition) is 4. The van der Waals surface area contributed by atoms with Crippen molar-refractivity contribution in [1.82, 2.24) is 9.80 Å². The first-order chi connectivity index (χ1) is 17.4. The zero-order chi connectivity index (χ0) is 25.7. The van der Waals surface area contributed by atoms with Gasteiger partial charge >= 0.3 is 0 Å². The van der Waals surface area contributed by atoms with Crippen molar-refractivity contribution in [3.8, 4) is 11.1 Å². The Bertz CT molecular complexity index is 1200. The van der Waals surface area contributed by atoms with Gasteiger partial charge in [0, 0.05) is 37.2 Å². The summed E-state index contributed by atoms with van der Waals surface area (Å²) in [6.07, 6.45) is -0.321. The quantitative estimate of drug-likeness (QED) is 0.577. The van der Waals surface area contributed by atoms with Crippen LogP contribution in [0.3, 0.4) is 0 Å². The largest absolute Gasteiger partial charge is 0.394 e. The molecule has 0 radical (unpaired) electrons. The van der Waals surface area contributed by atoms with Gasteiger partial charge < -0.3 is 19.6 Å². The van der Waals surface area contributed by atoms with Crippen molar-refractivity contribution in [1.29, 1.82) is 0 Å². The number of rotatable bonds is 5. The van der Waals surface area contributed by atoms with Gasteiger partial charge in [-0.15, -0.1) is 0 Å². The summed E-state index contributed by atoms with van der Waals surface area (Å²) in [4.78, 5) is 30.3. The average molecular weight is 487 g/mol. The maximum Gasteiger partial charge on any atom is 0.254 e. The molecular formula is C30H34N2O4. The third-order valence-electron chi connectivity index (χ3n) is 6.92. The summed E-state index contributed by atoms with van der Waals surface area (Å²) in [7, 11) is 1.78. The van der Waals surface area contributed by atoms with E-state index in [0.717, 1.165) is 16.7 Å². The van der Waals surface area contributed by atoms with E-state index in [4.69, 9.17) is 4.74 Å². The van der Waals surface area contributed by atoms with E-state index in [1.807, 2.05) is 80.6 Å². The number of nitrogens with zero attached hydrogens (tertiary/aromatic N) is 2. The standard InChI is InChI=1S/C30H34N2O4/c1-21-17-32(22(2)19-33)30(35)27-16-10-9-15-26(27)25-14-8-7-13-24(25)20-36-28(21)18-31(3)29(34)23-11-5-4-6-12-23/h4-16,21-22,28,33H,17-20H2,1-3H3/t21-,22+,28+/m0/s1. The maximum absolute atomic E-state index is 13.9. The smallest absolute Gasteiger partial charge is 0.254 e. The molecule has 4 rings (SSSR count). The molecular weight excluding hydrogens is 452 g/mol. The Morgan fingerprint density at radius 3 is 2.31 bits per heavy atom. The lowest BCUT2D eigenvalue weighted by molar-refractivity contribution is -0.0209. The molecule has 1 heterocycles. The van der Waals surface area contributed by atoms with Gasteiger partial charge in [0.05, 0.1) is 25.4 Å². The third kappa shape index (κ3) is 5.50. The molecule has 3 atom stereocenters. The molecule has 0 unspecified atom stereocenters. The van der Waals surface area contributed by atoms with Crippen molar-refractivity contribution >= 4 is 11.8 Å². The van der Waals surface area contributed by atoms with Crippen LogP contribution in [-0.2, 0) is 11.3 Å². The number of amides is 2. The molecule has 6 heteroatoms. The highest BCUT2D eigenvalue weighted by atomic mass is 16.5. The summed E-state index contributed by atoms with van der Waals surface area (Å²) >= 11 is 0. The predicted octanol–water partition coefficient (Wildman–Crippen LogP) is 4.48. The summed E-state index contributed by atoms with van der Waals surface area (Å²) in [6, 6.07) is 24.4. The zero-order valence-corrected chi connectivity index (χ0v) is 21.1. The number of aliphatic hydroxyl groups is 1. The van der Waals surface area contributed by atoms with Crippen molar-refractivity contribution in [3.63, 3.8) is 0 Å². The minimum absolute atomic E-state index is 0.0785. The molecule has 1 aliphatic heterocycles. The predicted molar refractivity (Wildman–Crippen MR) is 141 cm³/mol. The van der Waals surface area contributed by atoms with Crippen LogP contribution in [0.2, 0.25) is 0 Å². The normalized spacial score (nSPS) is 19.0. The molecule has 2 amide bonds. The first kappa shape index (κ1) is 25.6. The average Bonchev–Trinajstić information content (AvgIpc) is 2.94. The van der Waals surface area contributed by atoms with Gasteiger partial charge in [-0.05, 0) is 41.8 Å². The van der Waals surface area contributed by atoms with Crippen molar-refractivity contribution in [2.24, 2.45) is 5.92 Å². The highest BCUT2D eigenvalue weighted by Crippen LogP contribution is 2.31. The Morgan fingerprint density at radius 1 is 1.00 bits per heavy atom. The molecule has 1 N–H and O–H groups in total. The number of fused-ring (bicyclic) bond motifs is 3. The minimum Gasteiger partial charge on any atom is -0.394 e. The molecule has 0 fully saturated rings. The summed E-state index contributed by atoms with van der Waals surface area (Å²) in [6.45, 7) is 4.86. The van der Waals surface area contributed by atoms with Gasteiger partial charge in [-0.3, -0.25) is 9.59 Å². The Balaban J connectivity index is 1.71. The number of carbonyl (C=O) groups is 2. The van der Waals surface area contributed by atoms with Crippen LogP contribution < -0.4 is 0 Å². The van der Waals surface area contributed by atoms with Crippen LogP contribution in [0.25, 0.3) is 11.1 Å². The van der Waals surface area contributed by atoms with Crippen molar-refractivity contribution in [2.45, 2.75) is 32.6 Å². The number of ether oxygens (including phenoxy) is 1. The summed E-state index contributed by atoms with van der Waals surface area (Å²) < 4.78 is 6.49. The highest BCUT2D eigenvalue weighted by Gasteiger charge is 2.31. The third-order valence-corrected chi connectivity index (χ3v) is 6.92. The minimum atomic E-state index is -0.367. The van der Waals surface area contributed by atoms with E-state index < -0.39 is 0 Å². The van der Waals surface area contributed by atoms with E-state index in [1.165, 1.54) is 0 Å². The fourth-order valence-corrected chi connectivity index (χ4v) is 4.71. The molecule has 3 aromatic carbocycles. The molecule has 0 aromatic heterocycles. The molecule has 0 aliphatic carbocycles. The summed E-state index contributed by atoms with van der Waals surface area (Å²) in [5, 5.41) is 9.97. The second-order valence-electron chi connectivity index (χ2n) is 9.57. The van der Waals surface area contributed by atoms with Gasteiger partial charge in [0.1, 0.15) is 0 Å². The fraction of sp³-hybridized carbons (Fsp3) is 0.333. The second kappa shape index (κ2) is 11.5. The number of likely N-dealkylation sites (N-methyl/N-ethyl adjacent to an activating group) is 1. The molecule has 0 saturated carbocycles. The van der Waals surface area contributed by atoms with Gasteiger partial charge in [0.15, 0.2) is 0 Å². The number of benzene rings is 3. The molecule has 188 valence electrons. The Morgan fingerprint density at radius 2 is 1.61 bits per heavy atom. The first-order valence-electron chi connectivity index (χ1n) is 12.4. The van der Waals surface area contributed by atoms with Crippen LogP contribution in [0, 0.1) is 5.92 Å². The van der Waals surface area contributed by atoms with Gasteiger partial charge in [0.25, 0.3) is 11.8 Å². The molecule has 1 aliphatic rings. The lowest BCUT2D eigenvalue weighted by atomic mass is 9.94. The van der Waals surface area contributed by atoms with Gasteiger partial charge in [-0.25, -0.2) is 0 Å². The lowest BCUT2D eigenvalue weighted by Gasteiger charge is -2.35. The number of hydrogen-bond donors (Lipinski definition) is 1. The number of carbonyl (C=O) groups excluding carboxylic acids is 2. The highest BCUT2D eigenvalue weighted by molar-refractivity contribution is 6.01. The molecule has 3 aromatic rings.